The van der Waals surface area contributed by atoms with Crippen molar-refractivity contribution in [3.63, 3.8) is 0 Å². The Balaban J connectivity index is 1.87. The fourth-order valence-corrected chi connectivity index (χ4v) is 2.99. The summed E-state index contributed by atoms with van der Waals surface area (Å²) in [6.07, 6.45) is 5.79. The Morgan fingerprint density at radius 3 is 2.50 bits per heavy atom. The highest BCUT2D eigenvalue weighted by Gasteiger charge is 2.11. The molecule has 3 nitrogen and oxygen atoms in total. The van der Waals surface area contributed by atoms with Gasteiger partial charge >= 0.3 is 0 Å². The summed E-state index contributed by atoms with van der Waals surface area (Å²) < 4.78 is 0. The maximum Gasteiger partial charge on any atom is 0.106 e. The number of aromatic nitrogens is 2. The van der Waals surface area contributed by atoms with E-state index in [0.29, 0.717) is 6.04 Å². The van der Waals surface area contributed by atoms with E-state index in [4.69, 9.17) is 0 Å². The van der Waals surface area contributed by atoms with Crippen LogP contribution in [0.5, 0.6) is 0 Å². The van der Waals surface area contributed by atoms with Gasteiger partial charge in [0, 0.05) is 24.9 Å². The number of benzene rings is 1. The molecule has 108 valence electrons. The van der Waals surface area contributed by atoms with Crippen molar-refractivity contribution in [2.75, 3.05) is 6.54 Å². The van der Waals surface area contributed by atoms with Crippen LogP contribution in [0.15, 0.2) is 24.5 Å². The Bertz CT molecular complexity index is 520. The number of hydrogen-bond donors (Lipinski definition) is 2. The molecule has 3 heteroatoms. The van der Waals surface area contributed by atoms with Crippen molar-refractivity contribution < 1.29 is 0 Å². The molecule has 1 heterocycles. The molecule has 0 saturated heterocycles. The van der Waals surface area contributed by atoms with E-state index in [1.165, 1.54) is 22.3 Å². The number of imidazole rings is 1. The summed E-state index contributed by atoms with van der Waals surface area (Å²) in [7, 11) is 0. The molecule has 0 amide bonds. The van der Waals surface area contributed by atoms with Crippen molar-refractivity contribution in [1.82, 2.24) is 15.3 Å². The lowest BCUT2D eigenvalue weighted by Crippen LogP contribution is -2.22. The van der Waals surface area contributed by atoms with Gasteiger partial charge in [-0.3, -0.25) is 0 Å². The van der Waals surface area contributed by atoms with Gasteiger partial charge in [0.25, 0.3) is 0 Å². The van der Waals surface area contributed by atoms with Gasteiger partial charge in [0.1, 0.15) is 5.82 Å². The molecule has 0 saturated carbocycles. The number of aromatic amines is 1. The van der Waals surface area contributed by atoms with Crippen molar-refractivity contribution in [3.05, 3.63) is 52.6 Å². The van der Waals surface area contributed by atoms with Crippen molar-refractivity contribution in [2.24, 2.45) is 0 Å². The average Bonchev–Trinajstić information content (AvgIpc) is 2.86. The number of H-pyrrole nitrogens is 1. The summed E-state index contributed by atoms with van der Waals surface area (Å²) in [6.45, 7) is 9.82. The first-order valence-electron chi connectivity index (χ1n) is 7.37. The Labute approximate surface area is 121 Å². The maximum absolute atomic E-state index is 4.25. The highest BCUT2D eigenvalue weighted by atomic mass is 14.9. The third-order valence-electron chi connectivity index (χ3n) is 3.77. The highest BCUT2D eigenvalue weighted by Crippen LogP contribution is 2.23. The summed E-state index contributed by atoms with van der Waals surface area (Å²) in [4.78, 5) is 7.39. The molecule has 2 rings (SSSR count). The van der Waals surface area contributed by atoms with Crippen LogP contribution in [0.2, 0.25) is 0 Å². The van der Waals surface area contributed by atoms with Crippen LogP contribution in [0.25, 0.3) is 0 Å². The summed E-state index contributed by atoms with van der Waals surface area (Å²) in [5, 5.41) is 3.62. The fourth-order valence-electron chi connectivity index (χ4n) is 2.99. The maximum atomic E-state index is 4.25. The lowest BCUT2D eigenvalue weighted by molar-refractivity contribution is 0.551. The summed E-state index contributed by atoms with van der Waals surface area (Å²) >= 11 is 0. The molecule has 1 unspecified atom stereocenters. The van der Waals surface area contributed by atoms with Gasteiger partial charge in [0.2, 0.25) is 0 Å². The van der Waals surface area contributed by atoms with E-state index in [2.05, 4.69) is 55.1 Å². The minimum Gasteiger partial charge on any atom is -0.349 e. The molecule has 1 aromatic carbocycles. The first kappa shape index (κ1) is 14.8. The number of nitrogens with one attached hydrogen (secondary N) is 2. The summed E-state index contributed by atoms with van der Waals surface area (Å²) in [5.41, 5.74) is 5.55. The molecule has 20 heavy (non-hydrogen) atoms. The predicted octanol–water partition coefficient (Wildman–Crippen LogP) is 3.62. The Morgan fingerprint density at radius 1 is 1.20 bits per heavy atom. The van der Waals surface area contributed by atoms with Crippen LogP contribution in [0, 0.1) is 20.8 Å². The summed E-state index contributed by atoms with van der Waals surface area (Å²) in [6, 6.07) is 4.93. The largest absolute Gasteiger partial charge is 0.349 e. The molecule has 0 spiro atoms. The number of rotatable bonds is 6. The van der Waals surface area contributed by atoms with Crippen molar-refractivity contribution in [3.8, 4) is 0 Å². The Kier molecular flexibility index (Phi) is 4.96. The standard InChI is InChI=1S/C17H25N3/c1-12-10-13(2)17(14(3)11-12)15(4)18-7-5-6-16-19-8-9-20-16/h8-11,15,18H,5-7H2,1-4H3,(H,19,20). The second-order valence-corrected chi connectivity index (χ2v) is 5.63. The van der Waals surface area contributed by atoms with Gasteiger partial charge in [-0.2, -0.15) is 0 Å². The third-order valence-corrected chi connectivity index (χ3v) is 3.77. The van der Waals surface area contributed by atoms with Crippen LogP contribution < -0.4 is 5.32 Å². The molecule has 0 aliphatic carbocycles. The predicted molar refractivity (Wildman–Crippen MR) is 84.0 cm³/mol. The molecule has 2 N–H and O–H groups in total. The fraction of sp³-hybridized carbons (Fsp3) is 0.471. The molecule has 2 aromatic rings. The lowest BCUT2D eigenvalue weighted by atomic mass is 9.95. The van der Waals surface area contributed by atoms with Gasteiger partial charge < -0.3 is 10.3 Å². The van der Waals surface area contributed by atoms with Crippen LogP contribution in [0.3, 0.4) is 0 Å². The zero-order valence-corrected chi connectivity index (χ0v) is 13.0. The molecule has 0 aliphatic heterocycles. The molecule has 0 fully saturated rings. The van der Waals surface area contributed by atoms with E-state index in [1.807, 2.05) is 12.4 Å². The van der Waals surface area contributed by atoms with Gasteiger partial charge in [-0.25, -0.2) is 4.98 Å². The quantitative estimate of drug-likeness (QED) is 0.788. The van der Waals surface area contributed by atoms with Crippen molar-refractivity contribution in [2.45, 2.75) is 46.6 Å². The van der Waals surface area contributed by atoms with E-state index in [0.717, 1.165) is 25.2 Å². The zero-order valence-electron chi connectivity index (χ0n) is 13.0. The monoisotopic (exact) mass is 271 g/mol. The SMILES string of the molecule is Cc1cc(C)c(C(C)NCCCc2ncc[nH]2)c(C)c1. The normalized spacial score (nSPS) is 12.6. The van der Waals surface area contributed by atoms with Crippen LogP contribution in [-0.2, 0) is 6.42 Å². The zero-order chi connectivity index (χ0) is 14.5. The second-order valence-electron chi connectivity index (χ2n) is 5.63. The molecule has 1 aromatic heterocycles. The minimum atomic E-state index is 0.396. The van der Waals surface area contributed by atoms with Crippen molar-refractivity contribution in [1.29, 1.82) is 0 Å². The topological polar surface area (TPSA) is 40.7 Å². The first-order valence-corrected chi connectivity index (χ1v) is 7.37. The van der Waals surface area contributed by atoms with E-state index in [9.17, 15) is 0 Å². The van der Waals surface area contributed by atoms with Crippen LogP contribution in [0.4, 0.5) is 0 Å². The van der Waals surface area contributed by atoms with Gasteiger partial charge in [-0.05, 0) is 57.4 Å². The second kappa shape index (κ2) is 6.71. The minimum absolute atomic E-state index is 0.396. The van der Waals surface area contributed by atoms with Gasteiger partial charge in [-0.15, -0.1) is 0 Å². The number of aryl methyl sites for hydroxylation is 4. The number of nitrogens with zero attached hydrogens (tertiary/aromatic N) is 1. The average molecular weight is 271 g/mol. The van der Waals surface area contributed by atoms with Crippen molar-refractivity contribution >= 4 is 0 Å². The molecule has 0 radical (unpaired) electrons. The molecule has 1 atom stereocenters. The molecular formula is C17H25N3. The van der Waals surface area contributed by atoms with Crippen LogP contribution in [-0.4, -0.2) is 16.5 Å². The van der Waals surface area contributed by atoms with Crippen LogP contribution in [0.1, 0.15) is 47.5 Å². The van der Waals surface area contributed by atoms with E-state index in [-0.39, 0.29) is 0 Å². The van der Waals surface area contributed by atoms with Gasteiger partial charge in [0.05, 0.1) is 0 Å². The lowest BCUT2D eigenvalue weighted by Gasteiger charge is -2.19. The van der Waals surface area contributed by atoms with E-state index in [1.54, 1.807) is 0 Å². The molecule has 0 bridgehead atoms. The van der Waals surface area contributed by atoms with Crippen LogP contribution >= 0.6 is 0 Å². The summed E-state index contributed by atoms with van der Waals surface area (Å²) in [5.74, 6) is 1.07. The van der Waals surface area contributed by atoms with E-state index >= 15 is 0 Å². The number of hydrogen-bond acceptors (Lipinski definition) is 2. The molecule has 0 aliphatic rings. The van der Waals surface area contributed by atoms with E-state index < -0.39 is 0 Å². The van der Waals surface area contributed by atoms with Gasteiger partial charge in [-0.1, -0.05) is 17.7 Å². The Hall–Kier alpha value is -1.61. The van der Waals surface area contributed by atoms with Gasteiger partial charge in [0.15, 0.2) is 0 Å². The first-order chi connectivity index (χ1) is 9.58. The highest BCUT2D eigenvalue weighted by molar-refractivity contribution is 5.39. The third kappa shape index (κ3) is 3.70. The smallest absolute Gasteiger partial charge is 0.106 e. The molecular weight excluding hydrogens is 246 g/mol. The Morgan fingerprint density at radius 2 is 1.90 bits per heavy atom.